The molecule has 5 rings (SSSR count). The normalized spacial score (nSPS) is 15.8. The van der Waals surface area contributed by atoms with Gasteiger partial charge in [-0.05, 0) is 43.5 Å². The number of para-hydroxylation sites is 2. The van der Waals surface area contributed by atoms with Crippen LogP contribution in [-0.4, -0.2) is 9.55 Å². The molecule has 138 valence electrons. The monoisotopic (exact) mass is 376 g/mol. The molecule has 0 radical (unpaired) electrons. The summed E-state index contributed by atoms with van der Waals surface area (Å²) in [6.07, 6.45) is 6.69. The first-order valence-electron chi connectivity index (χ1n) is 9.99. The second-order valence-electron chi connectivity index (χ2n) is 7.92. The second kappa shape index (κ2) is 6.45. The number of nitrogens with zero attached hydrogens (tertiary/aromatic N) is 3. The van der Waals surface area contributed by atoms with Crippen molar-refractivity contribution in [3.63, 3.8) is 0 Å². The summed E-state index contributed by atoms with van der Waals surface area (Å²) in [6, 6.07) is 13.1. The van der Waals surface area contributed by atoms with Gasteiger partial charge < -0.3 is 0 Å². The molecule has 2 aromatic heterocycles. The van der Waals surface area contributed by atoms with Gasteiger partial charge in [-0.3, -0.25) is 0 Å². The molecule has 2 heterocycles. The van der Waals surface area contributed by atoms with E-state index in [1.807, 2.05) is 11.3 Å². The van der Waals surface area contributed by atoms with Gasteiger partial charge in [0.2, 0.25) is 0 Å². The van der Waals surface area contributed by atoms with Crippen molar-refractivity contribution in [3.05, 3.63) is 47.0 Å². The van der Waals surface area contributed by atoms with Crippen molar-refractivity contribution in [2.75, 3.05) is 0 Å². The predicted molar refractivity (Wildman–Crippen MR) is 113 cm³/mol. The highest BCUT2D eigenvalue weighted by atomic mass is 32.1. The third kappa shape index (κ3) is 2.61. The molecule has 1 aliphatic rings. The number of aromatic nitrogens is 3. The van der Waals surface area contributed by atoms with Crippen LogP contribution in [0.5, 0.6) is 0 Å². The number of aryl methyl sites for hydroxylation is 3. The summed E-state index contributed by atoms with van der Waals surface area (Å²) in [4.78, 5) is 5.08. The van der Waals surface area contributed by atoms with E-state index >= 15 is 0 Å². The van der Waals surface area contributed by atoms with Crippen LogP contribution < -0.4 is 4.57 Å². The lowest BCUT2D eigenvalue weighted by Crippen LogP contribution is -2.30. The molecule has 1 saturated carbocycles. The smallest absolute Gasteiger partial charge is 0.241 e. The molecule has 1 fully saturated rings. The maximum atomic E-state index is 5.08. The van der Waals surface area contributed by atoms with Crippen LogP contribution in [0.4, 0.5) is 0 Å². The molecule has 0 bridgehead atoms. The van der Waals surface area contributed by atoms with Crippen LogP contribution >= 0.6 is 11.3 Å². The molecule has 0 spiro atoms. The van der Waals surface area contributed by atoms with Crippen LogP contribution in [0.2, 0.25) is 0 Å². The Kier molecular flexibility index (Phi) is 4.05. The van der Waals surface area contributed by atoms with Crippen molar-refractivity contribution in [1.82, 2.24) is 9.55 Å². The van der Waals surface area contributed by atoms with Gasteiger partial charge in [-0.1, -0.05) is 37.5 Å². The van der Waals surface area contributed by atoms with Crippen LogP contribution in [0.3, 0.4) is 0 Å². The van der Waals surface area contributed by atoms with Gasteiger partial charge in [-0.2, -0.15) is 0 Å². The third-order valence-corrected chi connectivity index (χ3v) is 7.45. The number of imidazole rings is 1. The van der Waals surface area contributed by atoms with E-state index in [2.05, 4.69) is 66.6 Å². The van der Waals surface area contributed by atoms with Crippen LogP contribution in [-0.2, 0) is 14.1 Å². The molecular weight excluding hydrogens is 350 g/mol. The molecule has 3 nitrogen and oxygen atoms in total. The molecule has 0 N–H and O–H groups in total. The zero-order valence-corrected chi connectivity index (χ0v) is 17.1. The van der Waals surface area contributed by atoms with Gasteiger partial charge in [-0.25, -0.2) is 14.1 Å². The van der Waals surface area contributed by atoms with Gasteiger partial charge in [-0.15, -0.1) is 11.3 Å². The number of hydrogen-bond acceptors (Lipinski definition) is 2. The number of hydrogen-bond donors (Lipinski definition) is 0. The highest BCUT2D eigenvalue weighted by Gasteiger charge is 2.27. The Balaban J connectivity index is 1.76. The summed E-state index contributed by atoms with van der Waals surface area (Å²) >= 11 is 1.93. The first kappa shape index (κ1) is 16.9. The minimum Gasteiger partial charge on any atom is -0.241 e. The lowest BCUT2D eigenvalue weighted by Gasteiger charge is -2.18. The summed E-state index contributed by atoms with van der Waals surface area (Å²) < 4.78 is 6.01. The quantitative estimate of drug-likeness (QED) is 0.415. The zero-order chi connectivity index (χ0) is 18.5. The average molecular weight is 377 g/mol. The van der Waals surface area contributed by atoms with Crippen LogP contribution in [0, 0.1) is 6.92 Å². The van der Waals surface area contributed by atoms with E-state index in [1.165, 1.54) is 69.8 Å². The lowest BCUT2D eigenvalue weighted by atomic mass is 9.90. The van der Waals surface area contributed by atoms with E-state index in [4.69, 9.17) is 4.98 Å². The van der Waals surface area contributed by atoms with Crippen molar-refractivity contribution in [1.29, 1.82) is 0 Å². The Morgan fingerprint density at radius 3 is 2.63 bits per heavy atom. The first-order valence-corrected chi connectivity index (χ1v) is 10.8. The zero-order valence-electron chi connectivity index (χ0n) is 16.3. The van der Waals surface area contributed by atoms with Crippen LogP contribution in [0.25, 0.3) is 32.6 Å². The second-order valence-corrected chi connectivity index (χ2v) is 8.95. The largest absolute Gasteiger partial charge is 0.291 e. The van der Waals surface area contributed by atoms with Crippen molar-refractivity contribution in [2.45, 2.75) is 44.9 Å². The summed E-state index contributed by atoms with van der Waals surface area (Å²) in [6.45, 7) is 2.23. The maximum Gasteiger partial charge on any atom is 0.291 e. The minimum absolute atomic E-state index is 0.658. The molecular formula is C23H26N3S+. The van der Waals surface area contributed by atoms with Crippen LogP contribution in [0.1, 0.15) is 48.6 Å². The lowest BCUT2D eigenvalue weighted by molar-refractivity contribution is -0.634. The van der Waals surface area contributed by atoms with Crippen molar-refractivity contribution >= 4 is 32.6 Å². The van der Waals surface area contributed by atoms with Gasteiger partial charge in [0.05, 0.1) is 34.9 Å². The van der Waals surface area contributed by atoms with Gasteiger partial charge >= 0.3 is 0 Å². The Morgan fingerprint density at radius 1 is 1.07 bits per heavy atom. The summed E-state index contributed by atoms with van der Waals surface area (Å²) in [7, 11) is 4.36. The number of benzene rings is 2. The molecule has 2 aromatic carbocycles. The number of fused-ring (bicyclic) bond motifs is 2. The summed E-state index contributed by atoms with van der Waals surface area (Å²) in [5.74, 6) is 1.92. The Bertz CT molecular complexity index is 1110. The Hall–Kier alpha value is -2.20. The van der Waals surface area contributed by atoms with E-state index in [9.17, 15) is 0 Å². The fourth-order valence-corrected chi connectivity index (χ4v) is 6.06. The van der Waals surface area contributed by atoms with E-state index in [0.717, 1.165) is 5.52 Å². The molecule has 0 atom stereocenters. The summed E-state index contributed by atoms with van der Waals surface area (Å²) in [5, 5.41) is 1.35. The topological polar surface area (TPSA) is 21.7 Å². The SMILES string of the molecule is Cc1ccc2nc(C3CCCCC3)sc2c1-c1n(C)c2ccccc2[n+]1C. The van der Waals surface area contributed by atoms with E-state index in [1.54, 1.807) is 0 Å². The molecule has 4 aromatic rings. The molecule has 4 heteroatoms. The van der Waals surface area contributed by atoms with Gasteiger partial charge in [0, 0.05) is 5.92 Å². The fourth-order valence-electron chi connectivity index (χ4n) is 4.73. The fraction of sp³-hybridized carbons (Fsp3) is 0.391. The molecule has 27 heavy (non-hydrogen) atoms. The van der Waals surface area contributed by atoms with E-state index in [-0.39, 0.29) is 0 Å². The molecule has 0 saturated heterocycles. The summed E-state index contributed by atoms with van der Waals surface area (Å²) in [5.41, 5.74) is 6.36. The molecule has 0 amide bonds. The standard InChI is InChI=1S/C23H26N3S/c1-15-13-14-17-21(27-22(24-17)16-9-5-4-6-10-16)20(15)23-25(2)18-11-7-8-12-19(18)26(23)3/h7-8,11-14,16H,4-6,9-10H2,1-3H3/q+1. The highest BCUT2D eigenvalue weighted by molar-refractivity contribution is 7.19. The first-order chi connectivity index (χ1) is 13.1. The molecule has 0 unspecified atom stereocenters. The molecule has 1 aliphatic carbocycles. The Labute approximate surface area is 164 Å². The minimum atomic E-state index is 0.658. The van der Waals surface area contributed by atoms with Gasteiger partial charge in [0.25, 0.3) is 5.82 Å². The van der Waals surface area contributed by atoms with Crippen LogP contribution in [0.15, 0.2) is 36.4 Å². The van der Waals surface area contributed by atoms with E-state index in [0.29, 0.717) is 5.92 Å². The Morgan fingerprint density at radius 2 is 1.85 bits per heavy atom. The highest BCUT2D eigenvalue weighted by Crippen LogP contribution is 2.41. The third-order valence-electron chi connectivity index (χ3n) is 6.20. The number of thiazole rings is 1. The maximum absolute atomic E-state index is 5.08. The average Bonchev–Trinajstić information content (AvgIpc) is 3.24. The molecule has 0 aliphatic heterocycles. The number of rotatable bonds is 2. The van der Waals surface area contributed by atoms with Gasteiger partial charge in [0.15, 0.2) is 11.0 Å². The van der Waals surface area contributed by atoms with E-state index < -0.39 is 0 Å². The predicted octanol–water partition coefficient (Wildman–Crippen LogP) is 5.64. The van der Waals surface area contributed by atoms with Crippen molar-refractivity contribution in [2.24, 2.45) is 14.1 Å². The van der Waals surface area contributed by atoms with Crippen molar-refractivity contribution < 1.29 is 4.57 Å². The van der Waals surface area contributed by atoms with Gasteiger partial charge in [0.1, 0.15) is 0 Å². The van der Waals surface area contributed by atoms with Crippen molar-refractivity contribution in [3.8, 4) is 11.4 Å².